The van der Waals surface area contributed by atoms with E-state index in [1.165, 1.54) is 12.6 Å². The first-order valence-electron chi connectivity index (χ1n) is 12.1. The number of aromatic nitrogens is 5. The molecule has 0 aromatic carbocycles. The second-order valence-electron chi connectivity index (χ2n) is 9.45. The molecule has 11 nitrogen and oxygen atoms in total. The smallest absolute Gasteiger partial charge is 0.208 e. The molecule has 192 valence electrons. The van der Waals surface area contributed by atoms with Gasteiger partial charge in [-0.3, -0.25) is 4.90 Å². The van der Waals surface area contributed by atoms with Crippen molar-refractivity contribution in [3.05, 3.63) is 36.3 Å². The summed E-state index contributed by atoms with van der Waals surface area (Å²) >= 11 is 0. The molecule has 4 aromatic heterocycles. The molecule has 1 fully saturated rings. The van der Waals surface area contributed by atoms with Crippen LogP contribution in [0.2, 0.25) is 0 Å². The van der Waals surface area contributed by atoms with E-state index < -0.39 is 10.0 Å². The van der Waals surface area contributed by atoms with Gasteiger partial charge < -0.3 is 14.6 Å². The highest BCUT2D eigenvalue weighted by atomic mass is 32.2. The van der Waals surface area contributed by atoms with Crippen molar-refractivity contribution in [2.24, 2.45) is 0 Å². The lowest BCUT2D eigenvalue weighted by Gasteiger charge is -2.35. The maximum atomic E-state index is 11.3. The fourth-order valence-corrected chi connectivity index (χ4v) is 5.28. The number of rotatable bonds is 8. The van der Waals surface area contributed by atoms with Crippen LogP contribution in [-0.4, -0.2) is 90.5 Å². The van der Waals surface area contributed by atoms with Crippen LogP contribution >= 0.6 is 0 Å². The Morgan fingerprint density at radius 3 is 2.67 bits per heavy atom. The lowest BCUT2D eigenvalue weighted by Crippen LogP contribution is -2.48. The van der Waals surface area contributed by atoms with Crippen LogP contribution in [0.3, 0.4) is 0 Å². The molecular weight excluding hydrogens is 480 g/mol. The van der Waals surface area contributed by atoms with E-state index in [-0.39, 0.29) is 5.92 Å². The number of hydrogen-bond acceptors (Lipinski definition) is 8. The highest BCUT2D eigenvalue weighted by molar-refractivity contribution is 7.88. The predicted molar refractivity (Wildman–Crippen MR) is 140 cm³/mol. The molecule has 0 spiro atoms. The lowest BCUT2D eigenvalue weighted by molar-refractivity contribution is 0.261. The maximum Gasteiger partial charge on any atom is 0.208 e. The molecule has 4 aromatic rings. The van der Waals surface area contributed by atoms with E-state index in [2.05, 4.69) is 55.6 Å². The number of fused-ring (bicyclic) bond motifs is 2. The van der Waals surface area contributed by atoms with Crippen molar-refractivity contribution in [3.63, 3.8) is 0 Å². The molecule has 0 saturated carbocycles. The Balaban J connectivity index is 1.41. The van der Waals surface area contributed by atoms with Crippen molar-refractivity contribution in [1.29, 1.82) is 0 Å². The molecule has 0 bridgehead atoms. The molecule has 0 atom stereocenters. The molecule has 2 N–H and O–H groups in total. The average Bonchev–Trinajstić information content (AvgIpc) is 3.47. The van der Waals surface area contributed by atoms with Crippen LogP contribution in [0.4, 0.5) is 5.82 Å². The molecule has 0 unspecified atom stereocenters. The minimum absolute atomic E-state index is 0.244. The number of pyridine rings is 2. The summed E-state index contributed by atoms with van der Waals surface area (Å²) in [5.41, 5.74) is 5.75. The number of piperazine rings is 1. The topological polar surface area (TPSA) is 121 Å². The Hall–Kier alpha value is -3.22. The first kappa shape index (κ1) is 24.5. The van der Waals surface area contributed by atoms with E-state index in [9.17, 15) is 8.42 Å². The van der Waals surface area contributed by atoms with Crippen LogP contribution in [0.25, 0.3) is 27.9 Å². The maximum absolute atomic E-state index is 11.3. The van der Waals surface area contributed by atoms with Crippen molar-refractivity contribution in [2.45, 2.75) is 19.8 Å². The van der Waals surface area contributed by atoms with Crippen molar-refractivity contribution in [2.75, 3.05) is 57.5 Å². The van der Waals surface area contributed by atoms with Gasteiger partial charge >= 0.3 is 0 Å². The number of H-pyrrole nitrogens is 1. The summed E-state index contributed by atoms with van der Waals surface area (Å²) in [6, 6.07) is 6.15. The van der Waals surface area contributed by atoms with E-state index in [1.54, 1.807) is 11.6 Å². The minimum Gasteiger partial charge on any atom is -0.493 e. The molecule has 1 aliphatic heterocycles. The minimum atomic E-state index is -3.16. The molecule has 0 aliphatic carbocycles. The first-order valence-corrected chi connectivity index (χ1v) is 13.9. The zero-order chi connectivity index (χ0) is 25.4. The zero-order valence-corrected chi connectivity index (χ0v) is 21.8. The highest BCUT2D eigenvalue weighted by Gasteiger charge is 2.22. The van der Waals surface area contributed by atoms with Gasteiger partial charge in [0.25, 0.3) is 0 Å². The van der Waals surface area contributed by atoms with E-state index in [1.807, 2.05) is 12.3 Å². The number of nitrogens with zero attached hydrogens (tertiary/aromatic N) is 6. The summed E-state index contributed by atoms with van der Waals surface area (Å²) in [6.45, 7) is 8.88. The third-order valence-corrected chi connectivity index (χ3v) is 7.31. The zero-order valence-electron chi connectivity index (χ0n) is 21.0. The monoisotopic (exact) mass is 512 g/mol. The summed E-state index contributed by atoms with van der Waals surface area (Å²) in [4.78, 5) is 17.5. The van der Waals surface area contributed by atoms with E-state index in [0.29, 0.717) is 24.5 Å². The number of anilines is 1. The Labute approximate surface area is 210 Å². The summed E-state index contributed by atoms with van der Waals surface area (Å²) in [7, 11) is -1.52. The van der Waals surface area contributed by atoms with E-state index >= 15 is 0 Å². The normalized spacial score (nSPS) is 15.4. The fourth-order valence-electron chi connectivity index (χ4n) is 4.81. The fraction of sp³-hybridized carbons (Fsp3) is 0.458. The number of sulfonamides is 1. The van der Waals surface area contributed by atoms with Crippen LogP contribution < -0.4 is 14.4 Å². The van der Waals surface area contributed by atoms with Gasteiger partial charge in [0.15, 0.2) is 11.4 Å². The predicted octanol–water partition coefficient (Wildman–Crippen LogP) is 2.08. The van der Waals surface area contributed by atoms with Gasteiger partial charge in [-0.15, -0.1) is 0 Å². The number of nitrogens with one attached hydrogen (secondary N) is 2. The summed E-state index contributed by atoms with van der Waals surface area (Å²) in [5.74, 6) is 1.86. The Morgan fingerprint density at radius 2 is 1.97 bits per heavy atom. The van der Waals surface area contributed by atoms with Gasteiger partial charge in [0, 0.05) is 56.6 Å². The second kappa shape index (κ2) is 9.68. The lowest BCUT2D eigenvalue weighted by atomic mass is 9.99. The van der Waals surface area contributed by atoms with Crippen LogP contribution in [0, 0.1) is 0 Å². The molecule has 5 heterocycles. The number of hydrogen-bond donors (Lipinski definition) is 2. The quantitative estimate of drug-likeness (QED) is 0.368. The van der Waals surface area contributed by atoms with Crippen LogP contribution in [0.15, 0.2) is 30.7 Å². The highest BCUT2D eigenvalue weighted by Crippen LogP contribution is 2.37. The SMILES string of the molecule is COc1cc(-c2[nH]c3ccc(N4CCN(CCNS(C)(=O)=O)CC4)nc3c2C(C)C)cn2ncnc12. The van der Waals surface area contributed by atoms with Crippen molar-refractivity contribution < 1.29 is 13.2 Å². The van der Waals surface area contributed by atoms with Crippen LogP contribution in [-0.2, 0) is 10.0 Å². The molecule has 5 rings (SSSR count). The number of ether oxygens (including phenoxy) is 1. The Morgan fingerprint density at radius 1 is 1.19 bits per heavy atom. The third-order valence-electron chi connectivity index (χ3n) is 6.58. The summed E-state index contributed by atoms with van der Waals surface area (Å²) < 4.78 is 32.5. The van der Waals surface area contributed by atoms with Gasteiger partial charge in [0.2, 0.25) is 10.0 Å². The second-order valence-corrected chi connectivity index (χ2v) is 11.3. The molecule has 36 heavy (non-hydrogen) atoms. The molecule has 0 amide bonds. The van der Waals surface area contributed by atoms with Gasteiger partial charge in [0.05, 0.1) is 30.1 Å². The van der Waals surface area contributed by atoms with Crippen molar-refractivity contribution in [1.82, 2.24) is 34.2 Å². The molecular formula is C24H32N8O3S. The molecule has 0 radical (unpaired) electrons. The Bertz CT molecular complexity index is 1490. The number of methoxy groups -OCH3 is 1. The van der Waals surface area contributed by atoms with Crippen LogP contribution in [0.1, 0.15) is 25.3 Å². The van der Waals surface area contributed by atoms with Crippen LogP contribution in [0.5, 0.6) is 5.75 Å². The van der Waals surface area contributed by atoms with Gasteiger partial charge in [-0.1, -0.05) is 13.8 Å². The van der Waals surface area contributed by atoms with Gasteiger partial charge in [-0.25, -0.2) is 27.6 Å². The number of aromatic amines is 1. The van der Waals surface area contributed by atoms with E-state index in [4.69, 9.17) is 9.72 Å². The first-order chi connectivity index (χ1) is 17.2. The van der Waals surface area contributed by atoms with Crippen molar-refractivity contribution >= 4 is 32.5 Å². The largest absolute Gasteiger partial charge is 0.493 e. The standard InChI is InChI=1S/C24H32N8O3S/c1-16(2)21-22(17-13-19(35-3)24-25-15-26-32(24)14-17)28-18-5-6-20(29-23(18)21)31-11-9-30(10-12-31)8-7-27-36(4,33)34/h5-6,13-16,27-28H,7-12H2,1-4H3. The molecule has 1 aliphatic rings. The third kappa shape index (κ3) is 4.88. The van der Waals surface area contributed by atoms with Gasteiger partial charge in [-0.2, -0.15) is 5.10 Å². The molecule has 12 heteroatoms. The van der Waals surface area contributed by atoms with E-state index in [0.717, 1.165) is 59.9 Å². The average molecular weight is 513 g/mol. The summed E-state index contributed by atoms with van der Waals surface area (Å²) in [6.07, 6.45) is 4.67. The Kier molecular flexibility index (Phi) is 6.58. The van der Waals surface area contributed by atoms with Gasteiger partial charge in [-0.05, 0) is 24.1 Å². The molecule has 1 saturated heterocycles. The summed E-state index contributed by atoms with van der Waals surface area (Å²) in [5, 5.41) is 4.31. The van der Waals surface area contributed by atoms with Gasteiger partial charge in [0.1, 0.15) is 12.1 Å². The van der Waals surface area contributed by atoms with Crippen molar-refractivity contribution in [3.8, 4) is 17.0 Å².